The Hall–Kier alpha value is -1.98. The number of carbonyl (C=O) groups excluding carboxylic acids is 1. The summed E-state index contributed by atoms with van der Waals surface area (Å²) in [5.74, 6) is 0.593. The van der Waals surface area contributed by atoms with Gasteiger partial charge in [-0.15, -0.1) is 0 Å². The maximum atomic E-state index is 12.2. The molecule has 0 radical (unpaired) electrons. The number of ether oxygens (including phenoxy) is 1. The number of fused-ring (bicyclic) bond motifs is 1. The van der Waals surface area contributed by atoms with Crippen LogP contribution in [0.2, 0.25) is 5.02 Å². The first-order valence-electron chi connectivity index (χ1n) is 6.41. The number of nitrogens with one attached hydrogen (secondary N) is 1. The van der Waals surface area contributed by atoms with Crippen molar-refractivity contribution in [2.75, 3.05) is 12.4 Å². The first kappa shape index (κ1) is 14.9. The third kappa shape index (κ3) is 2.96. The number of amides is 1. The molecular formula is C16H11BrClNO3. The monoisotopic (exact) mass is 379 g/mol. The number of halogens is 2. The summed E-state index contributed by atoms with van der Waals surface area (Å²) in [7, 11) is 1.59. The predicted octanol–water partition coefficient (Wildman–Crippen LogP) is 5.11. The predicted molar refractivity (Wildman–Crippen MR) is 89.9 cm³/mol. The number of furan rings is 1. The van der Waals surface area contributed by atoms with E-state index in [1.54, 1.807) is 43.5 Å². The van der Waals surface area contributed by atoms with Gasteiger partial charge < -0.3 is 14.5 Å². The van der Waals surface area contributed by atoms with Crippen LogP contribution in [0.1, 0.15) is 10.6 Å². The zero-order chi connectivity index (χ0) is 15.7. The molecule has 0 unspecified atom stereocenters. The van der Waals surface area contributed by atoms with Gasteiger partial charge in [0.05, 0.1) is 12.1 Å². The zero-order valence-corrected chi connectivity index (χ0v) is 13.9. The molecule has 4 nitrogen and oxygen atoms in total. The van der Waals surface area contributed by atoms with E-state index in [1.807, 2.05) is 6.07 Å². The average Bonchev–Trinajstić information content (AvgIpc) is 2.94. The van der Waals surface area contributed by atoms with Crippen molar-refractivity contribution >= 4 is 50.1 Å². The SMILES string of the molecule is COc1ccc2oc(C(=O)Nc3ccc(Br)c(Cl)c3)cc2c1. The molecule has 0 saturated heterocycles. The van der Waals surface area contributed by atoms with Gasteiger partial charge in [0.15, 0.2) is 5.76 Å². The zero-order valence-electron chi connectivity index (χ0n) is 11.5. The van der Waals surface area contributed by atoms with Crippen molar-refractivity contribution in [1.29, 1.82) is 0 Å². The van der Waals surface area contributed by atoms with Crippen molar-refractivity contribution in [3.8, 4) is 5.75 Å². The van der Waals surface area contributed by atoms with Gasteiger partial charge in [0.25, 0.3) is 5.91 Å². The van der Waals surface area contributed by atoms with Crippen LogP contribution in [0.5, 0.6) is 5.75 Å². The van der Waals surface area contributed by atoms with Gasteiger partial charge in [-0.1, -0.05) is 11.6 Å². The second kappa shape index (κ2) is 6.02. The van der Waals surface area contributed by atoms with E-state index in [1.165, 1.54) is 0 Å². The summed E-state index contributed by atoms with van der Waals surface area (Å²) in [5.41, 5.74) is 1.22. The van der Waals surface area contributed by atoms with Gasteiger partial charge >= 0.3 is 0 Å². The fourth-order valence-corrected chi connectivity index (χ4v) is 2.45. The van der Waals surface area contributed by atoms with E-state index in [4.69, 9.17) is 20.8 Å². The lowest BCUT2D eigenvalue weighted by Crippen LogP contribution is -2.10. The average molecular weight is 381 g/mol. The van der Waals surface area contributed by atoms with Crippen LogP contribution >= 0.6 is 27.5 Å². The molecule has 2 aromatic carbocycles. The fourth-order valence-electron chi connectivity index (χ4n) is 2.03. The number of methoxy groups -OCH3 is 1. The molecule has 0 fully saturated rings. The van der Waals surface area contributed by atoms with E-state index < -0.39 is 0 Å². The van der Waals surface area contributed by atoms with Crippen LogP contribution in [0, 0.1) is 0 Å². The third-order valence-electron chi connectivity index (χ3n) is 3.12. The van der Waals surface area contributed by atoms with Crippen LogP contribution in [0.4, 0.5) is 5.69 Å². The van der Waals surface area contributed by atoms with Gasteiger partial charge in [0, 0.05) is 15.5 Å². The number of benzene rings is 2. The van der Waals surface area contributed by atoms with E-state index in [0.29, 0.717) is 22.0 Å². The Morgan fingerprint density at radius 1 is 1.23 bits per heavy atom. The molecular weight excluding hydrogens is 370 g/mol. The Balaban J connectivity index is 1.86. The molecule has 3 aromatic rings. The van der Waals surface area contributed by atoms with Crippen molar-refractivity contribution in [3.63, 3.8) is 0 Å². The van der Waals surface area contributed by atoms with E-state index in [-0.39, 0.29) is 11.7 Å². The van der Waals surface area contributed by atoms with Gasteiger partial charge in [-0.25, -0.2) is 0 Å². The molecule has 0 aliphatic heterocycles. The minimum Gasteiger partial charge on any atom is -0.497 e. The Bertz CT molecular complexity index is 860. The summed E-state index contributed by atoms with van der Waals surface area (Å²) < 4.78 is 11.5. The van der Waals surface area contributed by atoms with Crippen LogP contribution in [-0.4, -0.2) is 13.0 Å². The first-order chi connectivity index (χ1) is 10.6. The van der Waals surface area contributed by atoms with Crippen LogP contribution < -0.4 is 10.1 Å². The molecule has 22 heavy (non-hydrogen) atoms. The second-order valence-corrected chi connectivity index (χ2v) is 5.86. The van der Waals surface area contributed by atoms with Crippen molar-refractivity contribution in [2.24, 2.45) is 0 Å². The molecule has 1 aromatic heterocycles. The minimum absolute atomic E-state index is 0.224. The molecule has 0 spiro atoms. The molecule has 0 aliphatic rings. The van der Waals surface area contributed by atoms with Gasteiger partial charge in [0.2, 0.25) is 0 Å². The summed E-state index contributed by atoms with van der Waals surface area (Å²) in [6, 6.07) is 12.2. The normalized spacial score (nSPS) is 10.7. The van der Waals surface area contributed by atoms with E-state index in [9.17, 15) is 4.79 Å². The highest BCUT2D eigenvalue weighted by molar-refractivity contribution is 9.10. The number of rotatable bonds is 3. The van der Waals surface area contributed by atoms with Crippen LogP contribution in [0.25, 0.3) is 11.0 Å². The van der Waals surface area contributed by atoms with Gasteiger partial charge in [0.1, 0.15) is 11.3 Å². The highest BCUT2D eigenvalue weighted by atomic mass is 79.9. The molecule has 0 saturated carbocycles. The lowest BCUT2D eigenvalue weighted by Gasteiger charge is -2.04. The van der Waals surface area contributed by atoms with Crippen molar-refractivity contribution < 1.29 is 13.9 Å². The van der Waals surface area contributed by atoms with Crippen molar-refractivity contribution in [1.82, 2.24) is 0 Å². The standard InChI is InChI=1S/C16H11BrClNO3/c1-21-11-3-5-14-9(6-11)7-15(22-14)16(20)19-10-2-4-12(17)13(18)8-10/h2-8H,1H3,(H,19,20). The molecule has 3 rings (SSSR count). The third-order valence-corrected chi connectivity index (χ3v) is 4.36. The smallest absolute Gasteiger partial charge is 0.291 e. The highest BCUT2D eigenvalue weighted by Gasteiger charge is 2.13. The van der Waals surface area contributed by atoms with Crippen LogP contribution in [0.3, 0.4) is 0 Å². The number of carbonyl (C=O) groups is 1. The molecule has 112 valence electrons. The van der Waals surface area contributed by atoms with E-state index in [0.717, 1.165) is 9.86 Å². The Morgan fingerprint density at radius 2 is 2.05 bits per heavy atom. The summed E-state index contributed by atoms with van der Waals surface area (Å²) in [5, 5.41) is 4.07. The van der Waals surface area contributed by atoms with Gasteiger partial charge in [-0.2, -0.15) is 0 Å². The fraction of sp³-hybridized carbons (Fsp3) is 0.0625. The van der Waals surface area contributed by atoms with E-state index >= 15 is 0 Å². The largest absolute Gasteiger partial charge is 0.497 e. The molecule has 1 amide bonds. The van der Waals surface area contributed by atoms with Gasteiger partial charge in [-0.3, -0.25) is 4.79 Å². The first-order valence-corrected chi connectivity index (χ1v) is 7.58. The summed E-state index contributed by atoms with van der Waals surface area (Å²) in [6.45, 7) is 0. The minimum atomic E-state index is -0.339. The van der Waals surface area contributed by atoms with Crippen molar-refractivity contribution in [2.45, 2.75) is 0 Å². The maximum absolute atomic E-state index is 12.2. The Kier molecular flexibility index (Phi) is 4.09. The molecule has 0 bridgehead atoms. The number of anilines is 1. The molecule has 1 N–H and O–H groups in total. The van der Waals surface area contributed by atoms with Gasteiger partial charge in [-0.05, 0) is 58.4 Å². The van der Waals surface area contributed by atoms with Crippen LogP contribution in [0.15, 0.2) is 51.4 Å². The molecule has 1 heterocycles. The topological polar surface area (TPSA) is 51.5 Å². The number of hydrogen-bond acceptors (Lipinski definition) is 3. The molecule has 0 aliphatic carbocycles. The Labute approximate surface area is 140 Å². The second-order valence-electron chi connectivity index (χ2n) is 4.60. The summed E-state index contributed by atoms with van der Waals surface area (Å²) >= 11 is 9.31. The summed E-state index contributed by atoms with van der Waals surface area (Å²) in [4.78, 5) is 12.2. The van der Waals surface area contributed by atoms with Crippen molar-refractivity contribution in [3.05, 3.63) is 57.7 Å². The lowest BCUT2D eigenvalue weighted by molar-refractivity contribution is 0.0998. The quantitative estimate of drug-likeness (QED) is 0.687. The highest BCUT2D eigenvalue weighted by Crippen LogP contribution is 2.27. The van der Waals surface area contributed by atoms with Crippen LogP contribution in [-0.2, 0) is 0 Å². The lowest BCUT2D eigenvalue weighted by atomic mass is 10.2. The molecule has 6 heteroatoms. The molecule has 0 atom stereocenters. The number of hydrogen-bond donors (Lipinski definition) is 1. The Morgan fingerprint density at radius 3 is 2.77 bits per heavy atom. The summed E-state index contributed by atoms with van der Waals surface area (Å²) in [6.07, 6.45) is 0. The van der Waals surface area contributed by atoms with E-state index in [2.05, 4.69) is 21.2 Å². The maximum Gasteiger partial charge on any atom is 0.291 e.